The minimum Gasteiger partial charge on any atom is -0.507 e. The molecule has 1 aliphatic carbocycles. The third kappa shape index (κ3) is 2.96. The standard InChI is InChI=1S/C20H12N2O6.CH4/c23-13-8-6-11(21-10-4-2-1-3-5-10)15-17(13)20(26)18-14(24)9-7-12(22(27)28)16(18)19(15)25;/h1-9,21,23-24H;1H4. The number of benzene rings is 3. The maximum Gasteiger partial charge on any atom is 0.281 e. The second-order valence-corrected chi connectivity index (χ2v) is 6.14. The predicted molar refractivity (Wildman–Crippen MR) is 106 cm³/mol. The van der Waals surface area contributed by atoms with Crippen molar-refractivity contribution in [2.75, 3.05) is 5.32 Å². The molecule has 3 aromatic carbocycles. The van der Waals surface area contributed by atoms with Gasteiger partial charge in [-0.3, -0.25) is 19.7 Å². The Morgan fingerprint density at radius 1 is 0.759 bits per heavy atom. The average Bonchev–Trinajstić information content (AvgIpc) is 2.67. The molecule has 0 aliphatic heterocycles. The van der Waals surface area contributed by atoms with Crippen molar-refractivity contribution in [2.45, 2.75) is 7.43 Å². The van der Waals surface area contributed by atoms with Gasteiger partial charge in [-0.05, 0) is 30.3 Å². The first kappa shape index (κ1) is 19.6. The molecule has 0 atom stereocenters. The van der Waals surface area contributed by atoms with Crippen LogP contribution >= 0.6 is 0 Å². The normalized spacial score (nSPS) is 11.9. The average molecular weight is 392 g/mol. The van der Waals surface area contributed by atoms with Crippen LogP contribution in [-0.4, -0.2) is 26.7 Å². The molecule has 0 heterocycles. The van der Waals surface area contributed by atoms with Gasteiger partial charge in [0.2, 0.25) is 11.6 Å². The quantitative estimate of drug-likeness (QED) is 0.271. The van der Waals surface area contributed by atoms with Crippen molar-refractivity contribution >= 4 is 28.6 Å². The first-order valence-electron chi connectivity index (χ1n) is 8.18. The fourth-order valence-corrected chi connectivity index (χ4v) is 3.28. The van der Waals surface area contributed by atoms with Gasteiger partial charge in [0.25, 0.3) is 5.69 Å². The van der Waals surface area contributed by atoms with Gasteiger partial charge >= 0.3 is 0 Å². The predicted octanol–water partition coefficient (Wildman–Crippen LogP) is 4.16. The van der Waals surface area contributed by atoms with Gasteiger partial charge in [0.15, 0.2) is 0 Å². The number of phenolic OH excluding ortho intramolecular Hbond substituents is 2. The van der Waals surface area contributed by atoms with E-state index in [1.807, 2.05) is 0 Å². The van der Waals surface area contributed by atoms with E-state index in [4.69, 9.17) is 0 Å². The maximum atomic E-state index is 13.2. The summed E-state index contributed by atoms with van der Waals surface area (Å²) in [4.78, 5) is 36.7. The lowest BCUT2D eigenvalue weighted by Crippen LogP contribution is -2.23. The lowest BCUT2D eigenvalue weighted by Gasteiger charge is -2.22. The van der Waals surface area contributed by atoms with Crippen LogP contribution < -0.4 is 5.32 Å². The number of hydrogen-bond acceptors (Lipinski definition) is 7. The first-order chi connectivity index (χ1) is 13.4. The number of anilines is 2. The number of rotatable bonds is 3. The van der Waals surface area contributed by atoms with Gasteiger partial charge in [-0.1, -0.05) is 25.6 Å². The van der Waals surface area contributed by atoms with E-state index in [0.29, 0.717) is 5.69 Å². The SMILES string of the molecule is C.O=C1c2c(O)ccc(Nc3ccccc3)c2C(=O)c2c([N+](=O)[O-])ccc(O)c21. The highest BCUT2D eigenvalue weighted by atomic mass is 16.6. The highest BCUT2D eigenvalue weighted by molar-refractivity contribution is 6.33. The van der Waals surface area contributed by atoms with Crippen LogP contribution in [0.5, 0.6) is 11.5 Å². The zero-order valence-corrected chi connectivity index (χ0v) is 14.2. The van der Waals surface area contributed by atoms with Crippen LogP contribution in [0.25, 0.3) is 0 Å². The zero-order chi connectivity index (χ0) is 20.0. The lowest BCUT2D eigenvalue weighted by molar-refractivity contribution is -0.385. The van der Waals surface area contributed by atoms with Crippen molar-refractivity contribution in [3.8, 4) is 11.5 Å². The van der Waals surface area contributed by atoms with Crippen molar-refractivity contribution in [1.29, 1.82) is 0 Å². The summed E-state index contributed by atoms with van der Waals surface area (Å²) in [6.45, 7) is 0. The Morgan fingerprint density at radius 3 is 1.93 bits per heavy atom. The van der Waals surface area contributed by atoms with Crippen LogP contribution in [-0.2, 0) is 0 Å². The molecule has 0 saturated heterocycles. The number of nitrogens with zero attached hydrogens (tertiary/aromatic N) is 1. The van der Waals surface area contributed by atoms with E-state index in [9.17, 15) is 29.9 Å². The van der Waals surface area contributed by atoms with Crippen LogP contribution in [0, 0.1) is 10.1 Å². The molecule has 0 saturated carbocycles. The molecule has 0 spiro atoms. The molecule has 146 valence electrons. The molecule has 29 heavy (non-hydrogen) atoms. The molecule has 8 nitrogen and oxygen atoms in total. The van der Waals surface area contributed by atoms with Crippen molar-refractivity contribution in [3.05, 3.63) is 87.0 Å². The Bertz CT molecular complexity index is 1170. The van der Waals surface area contributed by atoms with Gasteiger partial charge in [-0.15, -0.1) is 0 Å². The highest BCUT2D eigenvalue weighted by Gasteiger charge is 2.40. The van der Waals surface area contributed by atoms with E-state index in [1.54, 1.807) is 30.3 Å². The monoisotopic (exact) mass is 392 g/mol. The summed E-state index contributed by atoms with van der Waals surface area (Å²) in [5.41, 5.74) is -1.24. The number of para-hydroxylation sites is 1. The van der Waals surface area contributed by atoms with Gasteiger partial charge in [-0.2, -0.15) is 0 Å². The molecule has 0 amide bonds. The number of hydrogen-bond donors (Lipinski definition) is 3. The number of phenols is 2. The molecule has 0 fully saturated rings. The number of carbonyl (C=O) groups is 2. The maximum absolute atomic E-state index is 13.2. The third-order valence-corrected chi connectivity index (χ3v) is 4.50. The van der Waals surface area contributed by atoms with Gasteiger partial charge in [0.1, 0.15) is 17.1 Å². The lowest BCUT2D eigenvalue weighted by atomic mass is 9.81. The molecule has 0 bridgehead atoms. The van der Waals surface area contributed by atoms with Crippen LogP contribution in [0.4, 0.5) is 17.1 Å². The van der Waals surface area contributed by atoms with Gasteiger partial charge in [0.05, 0.1) is 27.3 Å². The fourth-order valence-electron chi connectivity index (χ4n) is 3.28. The number of aromatic hydroxyl groups is 2. The minimum absolute atomic E-state index is 0. The molecule has 8 heteroatoms. The first-order valence-corrected chi connectivity index (χ1v) is 8.18. The van der Waals surface area contributed by atoms with Crippen molar-refractivity contribution in [3.63, 3.8) is 0 Å². The Labute approximate surface area is 165 Å². The molecule has 0 radical (unpaired) electrons. The minimum atomic E-state index is -0.861. The molecule has 0 aromatic heterocycles. The van der Waals surface area contributed by atoms with Gasteiger partial charge in [0, 0.05) is 11.8 Å². The van der Waals surface area contributed by atoms with Crippen molar-refractivity contribution < 1.29 is 24.7 Å². The summed E-state index contributed by atoms with van der Waals surface area (Å²) in [6, 6.07) is 13.4. The second kappa shape index (κ2) is 7.08. The zero-order valence-electron chi connectivity index (χ0n) is 14.2. The van der Waals surface area contributed by atoms with E-state index in [0.717, 1.165) is 12.1 Å². The van der Waals surface area contributed by atoms with Gasteiger partial charge in [-0.25, -0.2) is 0 Å². The van der Waals surface area contributed by atoms with Crippen LogP contribution in [0.3, 0.4) is 0 Å². The Balaban J connectivity index is 0.00000240. The van der Waals surface area contributed by atoms with Crippen molar-refractivity contribution in [2.24, 2.45) is 0 Å². The summed E-state index contributed by atoms with van der Waals surface area (Å²) in [5.74, 6) is -2.71. The van der Waals surface area contributed by atoms with Crippen molar-refractivity contribution in [1.82, 2.24) is 0 Å². The summed E-state index contributed by atoms with van der Waals surface area (Å²) in [6.07, 6.45) is 0. The summed E-state index contributed by atoms with van der Waals surface area (Å²) >= 11 is 0. The smallest absolute Gasteiger partial charge is 0.281 e. The highest BCUT2D eigenvalue weighted by Crippen LogP contribution is 2.43. The number of nitro groups is 1. The molecular formula is C21H16N2O6. The van der Waals surface area contributed by atoms with Crippen LogP contribution in [0.15, 0.2) is 54.6 Å². The van der Waals surface area contributed by atoms with Crippen LogP contribution in [0.2, 0.25) is 0 Å². The van der Waals surface area contributed by atoms with E-state index >= 15 is 0 Å². The van der Waals surface area contributed by atoms with E-state index in [2.05, 4.69) is 5.32 Å². The number of fused-ring (bicyclic) bond motifs is 2. The van der Waals surface area contributed by atoms with Crippen LogP contribution in [0.1, 0.15) is 39.3 Å². The Morgan fingerprint density at radius 2 is 1.31 bits per heavy atom. The molecule has 0 unspecified atom stereocenters. The fraction of sp³-hybridized carbons (Fsp3) is 0.0476. The summed E-state index contributed by atoms with van der Waals surface area (Å²) in [7, 11) is 0. The summed E-state index contributed by atoms with van der Waals surface area (Å²) in [5, 5.41) is 34.7. The number of nitro benzene ring substituents is 1. The Hall–Kier alpha value is -4.20. The Kier molecular flexibility index (Phi) is 4.78. The number of ketones is 2. The third-order valence-electron chi connectivity index (χ3n) is 4.50. The number of carbonyl (C=O) groups excluding carboxylic acids is 2. The van der Waals surface area contributed by atoms with E-state index in [1.165, 1.54) is 12.1 Å². The van der Waals surface area contributed by atoms with E-state index < -0.39 is 44.8 Å². The summed E-state index contributed by atoms with van der Waals surface area (Å²) < 4.78 is 0. The van der Waals surface area contributed by atoms with Gasteiger partial charge < -0.3 is 15.5 Å². The molecule has 3 N–H and O–H groups in total. The van der Waals surface area contributed by atoms with E-state index in [-0.39, 0.29) is 24.2 Å². The molecule has 3 aromatic rings. The largest absolute Gasteiger partial charge is 0.507 e. The molecule has 4 rings (SSSR count). The topological polar surface area (TPSA) is 130 Å². The molecular weight excluding hydrogens is 376 g/mol. The number of nitrogens with one attached hydrogen (secondary N) is 1. The molecule has 1 aliphatic rings. The second-order valence-electron chi connectivity index (χ2n) is 6.14.